The van der Waals surface area contributed by atoms with Crippen LogP contribution in [0.5, 0.6) is 11.8 Å². The Bertz CT molecular complexity index is 713. The van der Waals surface area contributed by atoms with Crippen molar-refractivity contribution in [1.29, 1.82) is 0 Å². The molecule has 7 heteroatoms. The predicted octanol–water partition coefficient (Wildman–Crippen LogP) is 3.07. The number of anilines is 1. The lowest BCUT2D eigenvalue weighted by Gasteiger charge is -2.35. The third kappa shape index (κ3) is 2.56. The Morgan fingerprint density at radius 2 is 2.05 bits per heavy atom. The molecule has 0 saturated carbocycles. The van der Waals surface area contributed by atoms with E-state index in [0.717, 1.165) is 16.3 Å². The summed E-state index contributed by atoms with van der Waals surface area (Å²) in [5, 5.41) is 3.42. The minimum atomic E-state index is -0.429. The predicted molar refractivity (Wildman–Crippen MR) is 83.2 cm³/mol. The van der Waals surface area contributed by atoms with Crippen molar-refractivity contribution in [2.75, 3.05) is 25.3 Å². The number of aromatic nitrogens is 2. The van der Waals surface area contributed by atoms with Gasteiger partial charge in [0.2, 0.25) is 0 Å². The van der Waals surface area contributed by atoms with E-state index in [4.69, 9.17) is 9.47 Å². The quantitative estimate of drug-likeness (QED) is 0.937. The number of benzene rings is 1. The van der Waals surface area contributed by atoms with Crippen LogP contribution < -0.4 is 14.8 Å². The molecule has 1 aromatic heterocycles. The Morgan fingerprint density at radius 3 is 2.77 bits per heavy atom. The summed E-state index contributed by atoms with van der Waals surface area (Å²) in [7, 11) is 3.05. The Morgan fingerprint density at radius 1 is 1.27 bits per heavy atom. The summed E-state index contributed by atoms with van der Waals surface area (Å²) < 4.78 is 23.6. The van der Waals surface area contributed by atoms with E-state index in [9.17, 15) is 4.39 Å². The van der Waals surface area contributed by atoms with Crippen molar-refractivity contribution in [3.8, 4) is 11.8 Å². The maximum Gasteiger partial charge on any atom is 0.278 e. The SMILES string of the molecule is COc1ncc(C2(C)CSc3cc(F)ccc3N2)nc1OC. The van der Waals surface area contributed by atoms with Crippen molar-refractivity contribution in [3.05, 3.63) is 35.9 Å². The van der Waals surface area contributed by atoms with Gasteiger partial charge in [-0.05, 0) is 25.1 Å². The first-order valence-corrected chi connectivity index (χ1v) is 7.70. The molecule has 1 aromatic carbocycles. The molecule has 0 amide bonds. The molecule has 1 unspecified atom stereocenters. The topological polar surface area (TPSA) is 56.3 Å². The fourth-order valence-corrected chi connectivity index (χ4v) is 3.45. The van der Waals surface area contributed by atoms with Gasteiger partial charge in [-0.1, -0.05) is 0 Å². The van der Waals surface area contributed by atoms with E-state index >= 15 is 0 Å². The largest absolute Gasteiger partial charge is 0.477 e. The summed E-state index contributed by atoms with van der Waals surface area (Å²) in [6.45, 7) is 2.03. The van der Waals surface area contributed by atoms with Gasteiger partial charge < -0.3 is 14.8 Å². The van der Waals surface area contributed by atoms with E-state index in [1.54, 1.807) is 24.0 Å². The summed E-state index contributed by atoms with van der Waals surface area (Å²) in [5.41, 5.74) is 1.20. The second kappa shape index (κ2) is 5.64. The standard InChI is InChI=1S/C15H16FN3O2S/c1-15(12-7-17-13(20-2)14(18-12)21-3)8-22-11-6-9(16)4-5-10(11)19-15/h4-7,19H,8H2,1-3H3. The number of rotatable bonds is 3. The number of thioether (sulfide) groups is 1. The first-order valence-electron chi connectivity index (χ1n) is 6.72. The summed E-state index contributed by atoms with van der Waals surface area (Å²) >= 11 is 1.59. The van der Waals surface area contributed by atoms with Gasteiger partial charge in [0.15, 0.2) is 0 Å². The molecule has 22 heavy (non-hydrogen) atoms. The Hall–Kier alpha value is -2.02. The van der Waals surface area contributed by atoms with Crippen LogP contribution in [-0.4, -0.2) is 29.9 Å². The average molecular weight is 321 g/mol. The van der Waals surface area contributed by atoms with E-state index in [1.807, 2.05) is 6.92 Å². The van der Waals surface area contributed by atoms with Crippen LogP contribution in [0.2, 0.25) is 0 Å². The summed E-state index contributed by atoms with van der Waals surface area (Å²) in [6.07, 6.45) is 1.67. The monoisotopic (exact) mass is 321 g/mol. The van der Waals surface area contributed by atoms with E-state index in [1.165, 1.54) is 26.4 Å². The zero-order valence-electron chi connectivity index (χ0n) is 12.5. The maximum absolute atomic E-state index is 13.3. The van der Waals surface area contributed by atoms with Gasteiger partial charge in [-0.2, -0.15) is 0 Å². The normalized spacial score (nSPS) is 20.0. The molecule has 1 N–H and O–H groups in total. The van der Waals surface area contributed by atoms with E-state index in [0.29, 0.717) is 17.5 Å². The van der Waals surface area contributed by atoms with Gasteiger partial charge in [-0.15, -0.1) is 11.8 Å². The van der Waals surface area contributed by atoms with Crippen LogP contribution in [0.15, 0.2) is 29.3 Å². The van der Waals surface area contributed by atoms with Gasteiger partial charge in [0.25, 0.3) is 11.8 Å². The van der Waals surface area contributed by atoms with E-state index in [2.05, 4.69) is 15.3 Å². The zero-order valence-corrected chi connectivity index (χ0v) is 13.3. The molecule has 3 rings (SSSR count). The maximum atomic E-state index is 13.3. The number of hydrogen-bond acceptors (Lipinski definition) is 6. The van der Waals surface area contributed by atoms with Crippen LogP contribution in [0.4, 0.5) is 10.1 Å². The van der Waals surface area contributed by atoms with Crippen LogP contribution in [0.3, 0.4) is 0 Å². The van der Waals surface area contributed by atoms with Gasteiger partial charge >= 0.3 is 0 Å². The summed E-state index contributed by atoms with van der Waals surface area (Å²) in [6, 6.07) is 4.72. The van der Waals surface area contributed by atoms with Crippen LogP contribution in [0, 0.1) is 5.82 Å². The van der Waals surface area contributed by atoms with Gasteiger partial charge in [-0.25, -0.2) is 14.4 Å². The molecule has 116 valence electrons. The lowest BCUT2D eigenvalue weighted by Crippen LogP contribution is -2.38. The third-order valence-electron chi connectivity index (χ3n) is 3.53. The number of nitrogens with zero attached hydrogens (tertiary/aromatic N) is 2. The average Bonchev–Trinajstić information content (AvgIpc) is 2.54. The molecule has 0 saturated heterocycles. The molecular weight excluding hydrogens is 305 g/mol. The summed E-state index contributed by atoms with van der Waals surface area (Å²) in [4.78, 5) is 9.62. The van der Waals surface area contributed by atoms with Crippen LogP contribution in [-0.2, 0) is 5.54 Å². The number of ether oxygens (including phenoxy) is 2. The molecule has 0 bridgehead atoms. The van der Waals surface area contributed by atoms with Crippen LogP contribution in [0.25, 0.3) is 0 Å². The van der Waals surface area contributed by atoms with Gasteiger partial charge in [0, 0.05) is 16.3 Å². The highest BCUT2D eigenvalue weighted by atomic mass is 32.2. The van der Waals surface area contributed by atoms with Crippen molar-refractivity contribution in [2.45, 2.75) is 17.4 Å². The molecule has 5 nitrogen and oxygen atoms in total. The lowest BCUT2D eigenvalue weighted by atomic mass is 9.99. The molecule has 1 aliphatic rings. The van der Waals surface area contributed by atoms with Gasteiger partial charge in [0.05, 0.1) is 31.6 Å². The Balaban J connectivity index is 1.96. The minimum absolute atomic E-state index is 0.234. The Labute approximate surface area is 132 Å². The molecule has 0 aliphatic carbocycles. The molecule has 1 atom stereocenters. The van der Waals surface area contributed by atoms with Crippen molar-refractivity contribution >= 4 is 17.4 Å². The van der Waals surface area contributed by atoms with E-state index in [-0.39, 0.29) is 5.82 Å². The van der Waals surface area contributed by atoms with Crippen molar-refractivity contribution in [3.63, 3.8) is 0 Å². The number of halogens is 1. The fourth-order valence-electron chi connectivity index (χ4n) is 2.31. The molecule has 2 aromatic rings. The number of hydrogen-bond donors (Lipinski definition) is 1. The molecule has 0 spiro atoms. The highest BCUT2D eigenvalue weighted by molar-refractivity contribution is 7.99. The molecule has 0 fully saturated rings. The van der Waals surface area contributed by atoms with Crippen molar-refractivity contribution < 1.29 is 13.9 Å². The number of fused-ring (bicyclic) bond motifs is 1. The number of methoxy groups -OCH3 is 2. The van der Waals surface area contributed by atoms with Gasteiger partial charge in [-0.3, -0.25) is 0 Å². The second-order valence-electron chi connectivity index (χ2n) is 5.16. The second-order valence-corrected chi connectivity index (χ2v) is 6.18. The Kier molecular flexibility index (Phi) is 3.82. The van der Waals surface area contributed by atoms with Crippen molar-refractivity contribution in [2.24, 2.45) is 0 Å². The zero-order chi connectivity index (χ0) is 15.7. The molecule has 2 heterocycles. The number of nitrogens with one attached hydrogen (secondary N) is 1. The van der Waals surface area contributed by atoms with Crippen molar-refractivity contribution in [1.82, 2.24) is 9.97 Å². The van der Waals surface area contributed by atoms with Crippen LogP contribution >= 0.6 is 11.8 Å². The highest BCUT2D eigenvalue weighted by Gasteiger charge is 2.34. The van der Waals surface area contributed by atoms with Gasteiger partial charge in [0.1, 0.15) is 5.82 Å². The first kappa shape index (κ1) is 14.9. The smallest absolute Gasteiger partial charge is 0.278 e. The minimum Gasteiger partial charge on any atom is -0.477 e. The first-order chi connectivity index (χ1) is 10.6. The molecule has 0 radical (unpaired) electrons. The molecule has 1 aliphatic heterocycles. The third-order valence-corrected chi connectivity index (χ3v) is 4.90. The fraction of sp³-hybridized carbons (Fsp3) is 0.333. The van der Waals surface area contributed by atoms with Crippen LogP contribution in [0.1, 0.15) is 12.6 Å². The molecular formula is C15H16FN3O2S. The highest BCUT2D eigenvalue weighted by Crippen LogP contribution is 2.42. The van der Waals surface area contributed by atoms with E-state index < -0.39 is 5.54 Å². The lowest BCUT2D eigenvalue weighted by molar-refractivity contribution is 0.327. The summed E-state index contributed by atoms with van der Waals surface area (Å²) in [5.74, 6) is 1.16.